The van der Waals surface area contributed by atoms with Crippen LogP contribution in [0.4, 0.5) is 26.2 Å². The Hall–Kier alpha value is -5.41. The van der Waals surface area contributed by atoms with Crippen LogP contribution in [0.15, 0.2) is 97.3 Å². The van der Waals surface area contributed by atoms with Crippen molar-refractivity contribution >= 4 is 68.9 Å². The molecule has 1 fully saturated rings. The highest BCUT2D eigenvalue weighted by atomic mass is 35.5. The maximum Gasteiger partial charge on any atom is 0.410 e. The minimum atomic E-state index is -0.559. The number of nitriles is 1. The number of pyridine rings is 1. The smallest absolute Gasteiger partial charge is 0.410 e. The van der Waals surface area contributed by atoms with Gasteiger partial charge in [0.1, 0.15) is 24.2 Å². The molecule has 262 valence electrons. The Bertz CT molecular complexity index is 2270. The minimum Gasteiger partial charge on any atom is -0.445 e. The highest BCUT2D eigenvalue weighted by Crippen LogP contribution is 2.37. The maximum atomic E-state index is 13.9. The van der Waals surface area contributed by atoms with E-state index < -0.39 is 11.9 Å². The zero-order chi connectivity index (χ0) is 36.2. The van der Waals surface area contributed by atoms with Gasteiger partial charge in [0.2, 0.25) is 0 Å². The van der Waals surface area contributed by atoms with Crippen LogP contribution in [-0.2, 0) is 11.3 Å². The number of carbonyl (C=O) groups excluding carboxylic acids is 1. The number of rotatable bonds is 9. The molecule has 52 heavy (non-hydrogen) atoms. The van der Waals surface area contributed by atoms with Gasteiger partial charge in [-0.1, -0.05) is 82.5 Å². The number of benzene rings is 4. The summed E-state index contributed by atoms with van der Waals surface area (Å²) in [5.74, 6) is -0.559. The first-order chi connectivity index (χ1) is 25.2. The summed E-state index contributed by atoms with van der Waals surface area (Å²) in [6, 6.07) is 26.5. The van der Waals surface area contributed by atoms with Crippen LogP contribution < -0.4 is 10.6 Å². The third-order valence-corrected chi connectivity index (χ3v) is 9.70. The average molecular weight is 756 g/mol. The summed E-state index contributed by atoms with van der Waals surface area (Å²) in [5, 5.41) is 27.2. The molecule has 14 heteroatoms. The van der Waals surface area contributed by atoms with E-state index >= 15 is 0 Å². The quantitative estimate of drug-likeness (QED) is 0.150. The van der Waals surface area contributed by atoms with E-state index in [1.54, 1.807) is 23.1 Å². The van der Waals surface area contributed by atoms with Crippen molar-refractivity contribution in [2.24, 2.45) is 0 Å². The van der Waals surface area contributed by atoms with Crippen molar-refractivity contribution in [3.63, 3.8) is 0 Å². The van der Waals surface area contributed by atoms with Crippen LogP contribution in [0.25, 0.3) is 10.9 Å². The number of nitrogens with zero attached hydrogens (tertiary/aromatic N) is 6. The van der Waals surface area contributed by atoms with E-state index in [-0.39, 0.29) is 29.3 Å². The zero-order valence-corrected chi connectivity index (χ0v) is 29.7. The van der Waals surface area contributed by atoms with Crippen LogP contribution in [0.5, 0.6) is 0 Å². The van der Waals surface area contributed by atoms with Crippen LogP contribution in [0.3, 0.4) is 0 Å². The van der Waals surface area contributed by atoms with Crippen molar-refractivity contribution in [1.82, 2.24) is 24.9 Å². The summed E-state index contributed by atoms with van der Waals surface area (Å²) >= 11 is 19.1. The van der Waals surface area contributed by atoms with Crippen molar-refractivity contribution in [3.8, 4) is 6.07 Å². The molecule has 6 aromatic rings. The first-order valence-corrected chi connectivity index (χ1v) is 17.5. The molecule has 7 rings (SSSR count). The standard InChI is InChI=1S/C38H30Cl3FN8O2/c39-26-8-6-24(7-9-26)36(34-21-50(48-47-34)29-12-14-49(15-13-29)38(51)52-22-23-4-2-1-3-5-23)46-28-16-30-35(45-27-10-11-33(42)31(40)17-27)25(19-43)20-44-37(30)32(41)18-28/h1-11,16-18,20-21,29,36,46H,12-15,22H2,(H,44,45)/t36-/m1/s1. The number of likely N-dealkylation sites (tertiary alicyclic amines) is 1. The largest absolute Gasteiger partial charge is 0.445 e. The molecule has 4 aromatic carbocycles. The van der Waals surface area contributed by atoms with Gasteiger partial charge in [0.05, 0.1) is 45.1 Å². The fourth-order valence-electron chi connectivity index (χ4n) is 6.16. The molecule has 1 aliphatic heterocycles. The molecule has 3 heterocycles. The lowest BCUT2D eigenvalue weighted by Crippen LogP contribution is -2.39. The number of nitrogens with one attached hydrogen (secondary N) is 2. The van der Waals surface area contributed by atoms with Gasteiger partial charge in [-0.3, -0.25) is 4.98 Å². The van der Waals surface area contributed by atoms with Gasteiger partial charge in [0, 0.05) is 41.1 Å². The summed E-state index contributed by atoms with van der Waals surface area (Å²) < 4.78 is 21.3. The number of hydrogen-bond donors (Lipinski definition) is 2. The number of piperidine rings is 1. The Balaban J connectivity index is 1.13. The average Bonchev–Trinajstić information content (AvgIpc) is 3.66. The molecule has 0 bridgehead atoms. The number of aromatic nitrogens is 4. The molecule has 0 unspecified atom stereocenters. The number of fused-ring (bicyclic) bond motifs is 1. The van der Waals surface area contributed by atoms with Gasteiger partial charge in [-0.2, -0.15) is 5.26 Å². The lowest BCUT2D eigenvalue weighted by Gasteiger charge is -2.31. The topological polar surface area (TPSA) is 121 Å². The molecular formula is C38H30Cl3FN8O2. The first kappa shape index (κ1) is 35.0. The van der Waals surface area contributed by atoms with Crippen LogP contribution in [0.1, 0.15) is 47.3 Å². The van der Waals surface area contributed by atoms with Crippen LogP contribution >= 0.6 is 34.8 Å². The molecule has 10 nitrogen and oxygen atoms in total. The maximum absolute atomic E-state index is 13.9. The number of anilines is 3. The van der Waals surface area contributed by atoms with E-state index in [0.29, 0.717) is 69.6 Å². The van der Waals surface area contributed by atoms with E-state index in [9.17, 15) is 14.4 Å². The minimum absolute atomic E-state index is 0.0319. The van der Waals surface area contributed by atoms with E-state index in [1.165, 1.54) is 24.4 Å². The molecule has 1 amide bonds. The molecule has 1 atom stereocenters. The zero-order valence-electron chi connectivity index (χ0n) is 27.4. The van der Waals surface area contributed by atoms with Gasteiger partial charge in [0.25, 0.3) is 0 Å². The predicted molar refractivity (Wildman–Crippen MR) is 200 cm³/mol. The van der Waals surface area contributed by atoms with Crippen molar-refractivity contribution in [3.05, 3.63) is 141 Å². The highest BCUT2D eigenvalue weighted by molar-refractivity contribution is 6.36. The fourth-order valence-corrected chi connectivity index (χ4v) is 6.73. The second-order valence-corrected chi connectivity index (χ2v) is 13.5. The number of hydrogen-bond acceptors (Lipinski definition) is 8. The Morgan fingerprint density at radius 2 is 1.73 bits per heavy atom. The van der Waals surface area contributed by atoms with Gasteiger partial charge in [-0.15, -0.1) is 5.10 Å². The van der Waals surface area contributed by atoms with E-state index in [0.717, 1.165) is 11.1 Å². The summed E-state index contributed by atoms with van der Waals surface area (Å²) in [7, 11) is 0. The van der Waals surface area contributed by atoms with E-state index in [1.807, 2.05) is 59.4 Å². The van der Waals surface area contributed by atoms with Crippen molar-refractivity contribution < 1.29 is 13.9 Å². The molecule has 0 saturated carbocycles. The molecule has 1 aliphatic rings. The Morgan fingerprint density at radius 3 is 2.46 bits per heavy atom. The first-order valence-electron chi connectivity index (χ1n) is 16.4. The van der Waals surface area contributed by atoms with Crippen molar-refractivity contribution in [2.45, 2.75) is 31.5 Å². The molecule has 0 aliphatic carbocycles. The van der Waals surface area contributed by atoms with Crippen molar-refractivity contribution in [1.29, 1.82) is 5.26 Å². The lowest BCUT2D eigenvalue weighted by molar-refractivity contribution is 0.0820. The summed E-state index contributed by atoms with van der Waals surface area (Å²) in [4.78, 5) is 18.9. The summed E-state index contributed by atoms with van der Waals surface area (Å²) in [6.45, 7) is 1.28. The van der Waals surface area contributed by atoms with Gasteiger partial charge in [0.15, 0.2) is 0 Å². The molecule has 2 N–H and O–H groups in total. The molecular weight excluding hydrogens is 726 g/mol. The summed E-state index contributed by atoms with van der Waals surface area (Å²) in [5.41, 5.74) is 4.71. The fraction of sp³-hybridized carbons (Fsp3) is 0.184. The van der Waals surface area contributed by atoms with Gasteiger partial charge >= 0.3 is 6.09 Å². The van der Waals surface area contributed by atoms with Gasteiger partial charge in [-0.25, -0.2) is 13.9 Å². The Kier molecular flexibility index (Phi) is 10.4. The second kappa shape index (κ2) is 15.5. The third-order valence-electron chi connectivity index (χ3n) is 8.87. The normalized spacial score (nSPS) is 13.8. The summed E-state index contributed by atoms with van der Waals surface area (Å²) in [6.07, 6.45) is 4.38. The third kappa shape index (κ3) is 7.75. The molecule has 0 spiro atoms. The van der Waals surface area contributed by atoms with Crippen LogP contribution in [0, 0.1) is 17.1 Å². The Morgan fingerprint density at radius 1 is 0.981 bits per heavy atom. The van der Waals surface area contributed by atoms with Gasteiger partial charge < -0.3 is 20.3 Å². The molecule has 1 saturated heterocycles. The van der Waals surface area contributed by atoms with Gasteiger partial charge in [-0.05, 0) is 66.4 Å². The van der Waals surface area contributed by atoms with E-state index in [4.69, 9.17) is 39.5 Å². The van der Waals surface area contributed by atoms with Crippen molar-refractivity contribution in [2.75, 3.05) is 23.7 Å². The number of amides is 1. The SMILES string of the molecule is N#Cc1cnc2c(Cl)cc(N[C@H](c3ccc(Cl)cc3)c3cn(C4CCN(C(=O)OCc5ccccc5)CC4)nn3)cc2c1Nc1ccc(F)c(Cl)c1. The number of carbonyl (C=O) groups is 1. The monoisotopic (exact) mass is 754 g/mol. The Labute approximate surface area is 313 Å². The molecule has 0 radical (unpaired) electrons. The second-order valence-electron chi connectivity index (χ2n) is 12.3. The number of halogens is 4. The van der Waals surface area contributed by atoms with Crippen LogP contribution in [-0.4, -0.2) is 44.1 Å². The van der Waals surface area contributed by atoms with Crippen LogP contribution in [0.2, 0.25) is 15.1 Å². The lowest BCUT2D eigenvalue weighted by atomic mass is 10.0. The number of ether oxygens (including phenoxy) is 1. The predicted octanol–water partition coefficient (Wildman–Crippen LogP) is 9.72. The van der Waals surface area contributed by atoms with E-state index in [2.05, 4.69) is 32.0 Å². The molecule has 2 aromatic heterocycles. The highest BCUT2D eigenvalue weighted by Gasteiger charge is 2.27.